The Balaban J connectivity index is 1.16. The third kappa shape index (κ3) is 6.03. The maximum atomic E-state index is 12.5. The van der Waals surface area contributed by atoms with Crippen molar-refractivity contribution in [3.63, 3.8) is 0 Å². The molecule has 7 nitrogen and oxygen atoms in total. The zero-order chi connectivity index (χ0) is 21.5. The number of amides is 2. The molecule has 164 valence electrons. The highest BCUT2D eigenvalue weighted by atomic mass is 16.5. The van der Waals surface area contributed by atoms with Gasteiger partial charge in [0, 0.05) is 57.3 Å². The molecule has 2 aromatic rings. The molecule has 1 aromatic carbocycles. The molecule has 2 aliphatic rings. The van der Waals surface area contributed by atoms with Crippen LogP contribution in [0, 0.1) is 11.8 Å². The minimum atomic E-state index is 0.189. The summed E-state index contributed by atoms with van der Waals surface area (Å²) >= 11 is 0. The van der Waals surface area contributed by atoms with Gasteiger partial charge in [-0.25, -0.2) is 4.98 Å². The monoisotopic (exact) mass is 422 g/mol. The Morgan fingerprint density at radius 2 is 1.90 bits per heavy atom. The van der Waals surface area contributed by atoms with E-state index in [0.717, 1.165) is 45.4 Å². The number of hydrogen-bond donors (Lipinski definition) is 0. The maximum Gasteiger partial charge on any atom is 0.232 e. The number of piperidine rings is 1. The number of hydrogen-bond acceptors (Lipinski definition) is 5. The summed E-state index contributed by atoms with van der Waals surface area (Å²) in [6.07, 6.45) is 8.59. The Labute approximate surface area is 183 Å². The minimum absolute atomic E-state index is 0.189. The van der Waals surface area contributed by atoms with Crippen LogP contribution in [0.3, 0.4) is 0 Å². The van der Waals surface area contributed by atoms with Gasteiger partial charge in [0.1, 0.15) is 0 Å². The molecule has 1 atom stereocenters. The molecule has 0 spiro atoms. The fraction of sp³-hybridized carbons (Fsp3) is 0.500. The number of carbonyl (C=O) groups is 2. The van der Waals surface area contributed by atoms with E-state index in [-0.39, 0.29) is 17.7 Å². The first-order valence-electron chi connectivity index (χ1n) is 11.2. The van der Waals surface area contributed by atoms with Gasteiger partial charge in [-0.3, -0.25) is 14.6 Å². The molecule has 2 amide bonds. The standard InChI is InChI=1S/C24H30N4O3/c29-23(7-6-19-4-2-1-3-5-19)27-12-8-20(9-13-27)16-28-17-21(14-24(28)30)18-31-22-15-25-10-11-26-22/h1-5,10-11,15,20-21H,6-9,12-14,16-18H2. The van der Waals surface area contributed by atoms with Crippen molar-refractivity contribution in [2.45, 2.75) is 32.1 Å². The van der Waals surface area contributed by atoms with Crippen LogP contribution in [0.2, 0.25) is 0 Å². The fourth-order valence-corrected chi connectivity index (χ4v) is 4.44. The van der Waals surface area contributed by atoms with Crippen molar-refractivity contribution >= 4 is 11.8 Å². The lowest BCUT2D eigenvalue weighted by molar-refractivity contribution is -0.133. The second kappa shape index (κ2) is 10.4. The molecule has 1 aromatic heterocycles. The second-order valence-electron chi connectivity index (χ2n) is 8.53. The summed E-state index contributed by atoms with van der Waals surface area (Å²) in [5.41, 5.74) is 1.20. The van der Waals surface area contributed by atoms with Crippen molar-refractivity contribution < 1.29 is 14.3 Å². The molecule has 2 saturated heterocycles. The molecule has 0 bridgehead atoms. The lowest BCUT2D eigenvalue weighted by Crippen LogP contribution is -2.42. The highest BCUT2D eigenvalue weighted by Gasteiger charge is 2.33. The molecular weight excluding hydrogens is 392 g/mol. The highest BCUT2D eigenvalue weighted by molar-refractivity contribution is 5.78. The van der Waals surface area contributed by atoms with Gasteiger partial charge in [-0.1, -0.05) is 30.3 Å². The number of ether oxygens (including phenoxy) is 1. The Bertz CT molecular complexity index is 854. The Morgan fingerprint density at radius 1 is 1.10 bits per heavy atom. The van der Waals surface area contributed by atoms with Gasteiger partial charge in [0.25, 0.3) is 0 Å². The topological polar surface area (TPSA) is 75.6 Å². The van der Waals surface area contributed by atoms with E-state index in [2.05, 4.69) is 22.1 Å². The van der Waals surface area contributed by atoms with Crippen molar-refractivity contribution in [2.75, 3.05) is 32.8 Å². The Morgan fingerprint density at radius 3 is 2.65 bits per heavy atom. The van der Waals surface area contributed by atoms with Crippen LogP contribution in [0.25, 0.3) is 0 Å². The van der Waals surface area contributed by atoms with Crippen molar-refractivity contribution in [1.82, 2.24) is 19.8 Å². The third-order valence-electron chi connectivity index (χ3n) is 6.22. The van der Waals surface area contributed by atoms with E-state index in [1.807, 2.05) is 28.0 Å². The molecule has 2 aliphatic heterocycles. The van der Waals surface area contributed by atoms with E-state index in [1.54, 1.807) is 18.6 Å². The second-order valence-corrected chi connectivity index (χ2v) is 8.53. The molecule has 0 saturated carbocycles. The number of nitrogens with zero attached hydrogens (tertiary/aromatic N) is 4. The van der Waals surface area contributed by atoms with E-state index in [1.165, 1.54) is 5.56 Å². The van der Waals surface area contributed by atoms with Gasteiger partial charge in [0.05, 0.1) is 12.8 Å². The molecule has 0 N–H and O–H groups in total. The highest BCUT2D eigenvalue weighted by Crippen LogP contribution is 2.24. The molecule has 7 heteroatoms. The van der Waals surface area contributed by atoms with E-state index in [0.29, 0.717) is 31.2 Å². The van der Waals surface area contributed by atoms with Crippen LogP contribution in [-0.4, -0.2) is 64.4 Å². The van der Waals surface area contributed by atoms with Gasteiger partial charge in [-0.2, -0.15) is 0 Å². The zero-order valence-electron chi connectivity index (χ0n) is 17.9. The smallest absolute Gasteiger partial charge is 0.232 e. The number of benzene rings is 1. The van der Waals surface area contributed by atoms with Gasteiger partial charge >= 0.3 is 0 Å². The largest absolute Gasteiger partial charge is 0.476 e. The van der Waals surface area contributed by atoms with Gasteiger partial charge in [-0.05, 0) is 30.7 Å². The molecule has 1 unspecified atom stereocenters. The lowest BCUT2D eigenvalue weighted by Gasteiger charge is -2.34. The summed E-state index contributed by atoms with van der Waals surface area (Å²) < 4.78 is 5.68. The minimum Gasteiger partial charge on any atom is -0.476 e. The van der Waals surface area contributed by atoms with Crippen LogP contribution >= 0.6 is 0 Å². The first kappa shape index (κ1) is 21.3. The number of carbonyl (C=O) groups excluding carboxylic acids is 2. The van der Waals surface area contributed by atoms with Crippen molar-refractivity contribution in [3.8, 4) is 5.88 Å². The van der Waals surface area contributed by atoms with Gasteiger partial charge in [0.2, 0.25) is 17.7 Å². The summed E-state index contributed by atoms with van der Waals surface area (Å²) in [6.45, 7) is 3.58. The van der Waals surface area contributed by atoms with Gasteiger partial charge in [0.15, 0.2) is 0 Å². The average molecular weight is 423 g/mol. The summed E-state index contributed by atoms with van der Waals surface area (Å²) in [7, 11) is 0. The van der Waals surface area contributed by atoms with E-state index in [4.69, 9.17) is 4.74 Å². The zero-order valence-corrected chi connectivity index (χ0v) is 17.9. The van der Waals surface area contributed by atoms with Gasteiger partial charge in [-0.15, -0.1) is 0 Å². The molecule has 3 heterocycles. The summed E-state index contributed by atoms with van der Waals surface area (Å²) in [5, 5.41) is 0. The SMILES string of the molecule is O=C(CCc1ccccc1)N1CCC(CN2CC(COc3cnccn3)CC2=O)CC1. The normalized spacial score (nSPS) is 19.6. The van der Waals surface area contributed by atoms with Crippen molar-refractivity contribution in [2.24, 2.45) is 11.8 Å². The Kier molecular flexibility index (Phi) is 7.12. The van der Waals surface area contributed by atoms with Crippen LogP contribution in [0.4, 0.5) is 0 Å². The summed E-state index contributed by atoms with van der Waals surface area (Å²) in [4.78, 5) is 37.0. The van der Waals surface area contributed by atoms with E-state index >= 15 is 0 Å². The molecule has 0 radical (unpaired) electrons. The van der Waals surface area contributed by atoms with Crippen LogP contribution in [-0.2, 0) is 16.0 Å². The number of likely N-dealkylation sites (tertiary alicyclic amines) is 2. The van der Waals surface area contributed by atoms with Crippen molar-refractivity contribution in [3.05, 3.63) is 54.5 Å². The number of aryl methyl sites for hydroxylation is 1. The van der Waals surface area contributed by atoms with Crippen LogP contribution in [0.5, 0.6) is 5.88 Å². The average Bonchev–Trinajstić information content (AvgIpc) is 3.17. The third-order valence-corrected chi connectivity index (χ3v) is 6.22. The van der Waals surface area contributed by atoms with Gasteiger partial charge < -0.3 is 14.5 Å². The predicted octanol–water partition coefficient (Wildman–Crippen LogP) is 2.58. The molecule has 0 aliphatic carbocycles. The van der Waals surface area contributed by atoms with Crippen LogP contribution in [0.1, 0.15) is 31.2 Å². The molecule has 4 rings (SSSR count). The molecule has 2 fully saturated rings. The van der Waals surface area contributed by atoms with E-state index in [9.17, 15) is 9.59 Å². The Hall–Kier alpha value is -2.96. The first-order valence-corrected chi connectivity index (χ1v) is 11.2. The van der Waals surface area contributed by atoms with Crippen LogP contribution in [0.15, 0.2) is 48.9 Å². The molecular formula is C24H30N4O3. The lowest BCUT2D eigenvalue weighted by atomic mass is 9.95. The van der Waals surface area contributed by atoms with Crippen molar-refractivity contribution in [1.29, 1.82) is 0 Å². The quantitative estimate of drug-likeness (QED) is 0.654. The number of aromatic nitrogens is 2. The van der Waals surface area contributed by atoms with E-state index < -0.39 is 0 Å². The fourth-order valence-electron chi connectivity index (χ4n) is 4.44. The maximum absolute atomic E-state index is 12.5. The summed E-state index contributed by atoms with van der Waals surface area (Å²) in [5.74, 6) is 1.59. The first-order chi connectivity index (χ1) is 15.2. The molecule has 31 heavy (non-hydrogen) atoms. The predicted molar refractivity (Wildman–Crippen MR) is 116 cm³/mol. The number of rotatable bonds is 8. The van der Waals surface area contributed by atoms with Crippen LogP contribution < -0.4 is 4.74 Å². The summed E-state index contributed by atoms with van der Waals surface area (Å²) in [6, 6.07) is 10.2.